The average molecular weight is 382 g/mol. The topological polar surface area (TPSA) is 70.4 Å². The van der Waals surface area contributed by atoms with Gasteiger partial charge in [-0.3, -0.25) is 14.3 Å². The normalized spacial score (nSPS) is 14.0. The lowest BCUT2D eigenvalue weighted by Crippen LogP contribution is -2.19. The molecule has 0 unspecified atom stereocenters. The average Bonchev–Trinajstić information content (AvgIpc) is 3.03. The second kappa shape index (κ2) is 6.40. The highest BCUT2D eigenvalue weighted by molar-refractivity contribution is 7.71. The third-order valence-electron chi connectivity index (χ3n) is 3.99. The highest BCUT2D eigenvalue weighted by atomic mass is 35.5. The van der Waals surface area contributed by atoms with Gasteiger partial charge in [-0.1, -0.05) is 29.8 Å². The third kappa shape index (κ3) is 2.89. The van der Waals surface area contributed by atoms with Gasteiger partial charge in [-0.05, 0) is 54.7 Å². The number of hydrogen-bond donors (Lipinski definition) is 2. The van der Waals surface area contributed by atoms with Crippen molar-refractivity contribution in [1.29, 1.82) is 0 Å². The van der Waals surface area contributed by atoms with Crippen molar-refractivity contribution in [3.05, 3.63) is 90.5 Å². The lowest BCUT2D eigenvalue weighted by Gasteiger charge is -2.11. The first-order valence-corrected chi connectivity index (χ1v) is 8.53. The summed E-state index contributed by atoms with van der Waals surface area (Å²) in [7, 11) is 0. The third-order valence-corrected chi connectivity index (χ3v) is 4.52. The number of para-hydroxylation sites is 1. The Morgan fingerprint density at radius 2 is 1.88 bits per heavy atom. The first-order chi connectivity index (χ1) is 12.5. The number of rotatable bonds is 2. The van der Waals surface area contributed by atoms with Gasteiger partial charge >= 0.3 is 0 Å². The maximum atomic E-state index is 12.3. The van der Waals surface area contributed by atoms with E-state index < -0.39 is 5.56 Å². The number of benzene rings is 2. The van der Waals surface area contributed by atoms with Crippen LogP contribution in [0, 0.1) is 4.77 Å². The molecule has 26 heavy (non-hydrogen) atoms. The van der Waals surface area contributed by atoms with Crippen LogP contribution in [0.4, 0.5) is 0 Å². The van der Waals surface area contributed by atoms with Crippen LogP contribution in [0.5, 0.6) is 5.88 Å². The van der Waals surface area contributed by atoms with E-state index in [9.17, 15) is 9.90 Å². The van der Waals surface area contributed by atoms with Crippen LogP contribution in [-0.2, 0) is 0 Å². The molecule has 0 saturated carbocycles. The molecule has 0 amide bonds. The van der Waals surface area contributed by atoms with Crippen molar-refractivity contribution in [1.82, 2.24) is 9.55 Å². The second-order valence-corrected chi connectivity index (χ2v) is 6.52. The Bertz CT molecular complexity index is 1250. The van der Waals surface area contributed by atoms with E-state index >= 15 is 0 Å². The van der Waals surface area contributed by atoms with Crippen molar-refractivity contribution in [2.75, 3.05) is 0 Å². The monoisotopic (exact) mass is 381 g/mol. The highest BCUT2D eigenvalue weighted by Crippen LogP contribution is 2.23. The smallest absolute Gasteiger partial charge is 0.262 e. The van der Waals surface area contributed by atoms with Crippen LogP contribution in [0.3, 0.4) is 0 Å². The molecule has 4 rings (SSSR count). The quantitative estimate of drug-likeness (QED) is 0.670. The predicted octanol–water partition coefficient (Wildman–Crippen LogP) is 2.71. The van der Waals surface area contributed by atoms with Crippen molar-refractivity contribution in [2.45, 2.75) is 0 Å². The van der Waals surface area contributed by atoms with E-state index in [0.29, 0.717) is 16.4 Å². The molecule has 0 aliphatic carbocycles. The first kappa shape index (κ1) is 16.5. The Morgan fingerprint density at radius 3 is 2.62 bits per heavy atom. The van der Waals surface area contributed by atoms with Gasteiger partial charge in [-0.2, -0.15) is 0 Å². The maximum Gasteiger partial charge on any atom is 0.262 e. The largest absolute Gasteiger partial charge is 0.494 e. The van der Waals surface area contributed by atoms with Crippen LogP contribution < -0.4 is 16.1 Å². The highest BCUT2D eigenvalue weighted by Gasteiger charge is 2.13. The van der Waals surface area contributed by atoms with Gasteiger partial charge in [0.25, 0.3) is 5.56 Å². The Labute approximate surface area is 157 Å². The number of aromatic nitrogens is 2. The van der Waals surface area contributed by atoms with Gasteiger partial charge in [0.2, 0.25) is 5.88 Å². The van der Waals surface area contributed by atoms with Crippen LogP contribution in [0.2, 0.25) is 5.02 Å². The molecule has 2 N–H and O–H groups in total. The van der Waals surface area contributed by atoms with Gasteiger partial charge in [0, 0.05) is 10.2 Å². The molecule has 3 aromatic rings. The fraction of sp³-hybridized carbons (Fsp3) is 0. The summed E-state index contributed by atoms with van der Waals surface area (Å²) in [6.07, 6.45) is 3.39. The Morgan fingerprint density at radius 1 is 1.15 bits per heavy atom. The summed E-state index contributed by atoms with van der Waals surface area (Å²) in [6.45, 7) is 0. The molecular weight excluding hydrogens is 370 g/mol. The predicted molar refractivity (Wildman–Crippen MR) is 104 cm³/mol. The Hall–Kier alpha value is -2.96. The summed E-state index contributed by atoms with van der Waals surface area (Å²) in [6, 6.07) is 14.4. The van der Waals surface area contributed by atoms with Gasteiger partial charge in [-0.15, -0.1) is 0 Å². The van der Waals surface area contributed by atoms with Crippen LogP contribution >= 0.6 is 23.8 Å². The molecule has 128 valence electrons. The van der Waals surface area contributed by atoms with Crippen LogP contribution in [0.25, 0.3) is 17.8 Å². The molecule has 0 saturated heterocycles. The number of aromatic hydroxyl groups is 1. The number of halogens is 1. The molecule has 2 heterocycles. The number of hydrogen-bond acceptors (Lipinski definition) is 4. The van der Waals surface area contributed by atoms with E-state index in [4.69, 9.17) is 23.8 Å². The van der Waals surface area contributed by atoms with Crippen molar-refractivity contribution in [3.63, 3.8) is 0 Å². The van der Waals surface area contributed by atoms with E-state index in [0.717, 1.165) is 10.6 Å². The lowest BCUT2D eigenvalue weighted by atomic mass is 10.2. The van der Waals surface area contributed by atoms with Crippen molar-refractivity contribution >= 4 is 36.0 Å². The fourth-order valence-electron chi connectivity index (χ4n) is 2.76. The van der Waals surface area contributed by atoms with Crippen LogP contribution in [-0.4, -0.2) is 14.7 Å². The summed E-state index contributed by atoms with van der Waals surface area (Å²) < 4.78 is 1.47. The molecule has 2 aromatic carbocycles. The van der Waals surface area contributed by atoms with E-state index in [1.807, 2.05) is 30.3 Å². The molecule has 7 heteroatoms. The minimum atomic E-state index is -0.482. The number of H-pyrrole nitrogens is 1. The van der Waals surface area contributed by atoms with Gasteiger partial charge in [0.1, 0.15) is 5.56 Å². The fourth-order valence-corrected chi connectivity index (χ4v) is 3.17. The molecule has 0 spiro atoms. The maximum absolute atomic E-state index is 12.3. The summed E-state index contributed by atoms with van der Waals surface area (Å²) in [4.78, 5) is 19.4. The Kier molecular flexibility index (Phi) is 4.06. The summed E-state index contributed by atoms with van der Waals surface area (Å²) in [5.41, 5.74) is 0.760. The molecule has 1 aromatic heterocycles. The number of aromatic amines is 1. The zero-order valence-electron chi connectivity index (χ0n) is 13.3. The number of fused-ring (bicyclic) bond motifs is 1. The standard InChI is InChI=1S/C19H12ClN3O2S/c20-12-5-7-14(8-6-12)23-18(25)15(17(24)22-19(23)26)10-13-9-11-3-1-2-4-16(11)21-13/h1-10,25H,(H,22,24,26)/b13-10+. The van der Waals surface area contributed by atoms with E-state index in [-0.39, 0.29) is 16.2 Å². The van der Waals surface area contributed by atoms with Crippen LogP contribution in [0.1, 0.15) is 5.56 Å². The Balaban J connectivity index is 1.91. The van der Waals surface area contributed by atoms with Gasteiger partial charge in [0.05, 0.1) is 16.7 Å². The molecular formula is C19H12ClN3O2S. The van der Waals surface area contributed by atoms with Gasteiger partial charge in [-0.25, -0.2) is 4.99 Å². The molecule has 5 nitrogen and oxygen atoms in total. The molecule has 0 bridgehead atoms. The lowest BCUT2D eigenvalue weighted by molar-refractivity contribution is 0.432. The SMILES string of the molecule is O=c1[nH]c(=S)n(-c2ccc(Cl)cc2)c(O)c1/C=C1\C=c2ccccc2=N1. The molecule has 0 radical (unpaired) electrons. The summed E-state index contributed by atoms with van der Waals surface area (Å²) >= 11 is 11.1. The zero-order chi connectivity index (χ0) is 18.3. The molecule has 0 fully saturated rings. The van der Waals surface area contributed by atoms with E-state index in [1.165, 1.54) is 10.6 Å². The van der Waals surface area contributed by atoms with Crippen molar-refractivity contribution in [3.8, 4) is 11.6 Å². The number of nitrogens with one attached hydrogen (secondary N) is 1. The number of allylic oxidation sites excluding steroid dienone is 1. The zero-order valence-corrected chi connectivity index (χ0v) is 14.9. The van der Waals surface area contributed by atoms with Crippen LogP contribution in [0.15, 0.2) is 64.0 Å². The molecule has 1 aliphatic rings. The summed E-state index contributed by atoms with van der Waals surface area (Å²) in [5.74, 6) is -0.256. The molecule has 0 atom stereocenters. The van der Waals surface area contributed by atoms with E-state index in [1.54, 1.807) is 24.3 Å². The van der Waals surface area contributed by atoms with Gasteiger partial charge < -0.3 is 5.11 Å². The van der Waals surface area contributed by atoms with Gasteiger partial charge in [0.15, 0.2) is 4.77 Å². The minimum absolute atomic E-state index is 0.0800. The van der Waals surface area contributed by atoms with Crippen molar-refractivity contribution < 1.29 is 5.11 Å². The number of nitrogens with zero attached hydrogens (tertiary/aromatic N) is 2. The second-order valence-electron chi connectivity index (χ2n) is 5.69. The first-order valence-electron chi connectivity index (χ1n) is 7.74. The van der Waals surface area contributed by atoms with E-state index in [2.05, 4.69) is 9.98 Å². The summed E-state index contributed by atoms with van der Waals surface area (Å²) in [5, 5.41) is 13.0. The molecule has 1 aliphatic heterocycles. The minimum Gasteiger partial charge on any atom is -0.494 e. The van der Waals surface area contributed by atoms with Crippen molar-refractivity contribution in [2.24, 2.45) is 4.99 Å².